The van der Waals surface area contributed by atoms with Gasteiger partial charge in [-0.2, -0.15) is 5.10 Å². The summed E-state index contributed by atoms with van der Waals surface area (Å²) in [5.74, 6) is -0.915. The van der Waals surface area contributed by atoms with E-state index in [0.717, 1.165) is 25.6 Å². The number of halogens is 2. The van der Waals surface area contributed by atoms with Crippen LogP contribution in [-0.2, 0) is 13.0 Å². The van der Waals surface area contributed by atoms with Crippen molar-refractivity contribution in [1.82, 2.24) is 20.4 Å². The van der Waals surface area contributed by atoms with Gasteiger partial charge in [0, 0.05) is 38.6 Å². The van der Waals surface area contributed by atoms with Crippen molar-refractivity contribution in [3.63, 3.8) is 0 Å². The zero-order chi connectivity index (χ0) is 17.2. The summed E-state index contributed by atoms with van der Waals surface area (Å²) in [7, 11) is 0. The molecule has 1 aromatic heterocycles. The SMILES string of the molecule is CCNC(=NCCCn1cccn1)NCCc1cccc(F)c1F. The van der Waals surface area contributed by atoms with E-state index in [1.807, 2.05) is 23.9 Å². The lowest BCUT2D eigenvalue weighted by atomic mass is 10.1. The molecular formula is C17H23F2N5. The van der Waals surface area contributed by atoms with Crippen molar-refractivity contribution >= 4 is 5.96 Å². The van der Waals surface area contributed by atoms with Crippen molar-refractivity contribution in [2.45, 2.75) is 26.3 Å². The van der Waals surface area contributed by atoms with Crippen LogP contribution in [0.15, 0.2) is 41.7 Å². The first kappa shape index (κ1) is 17.9. The van der Waals surface area contributed by atoms with E-state index in [1.165, 1.54) is 6.07 Å². The van der Waals surface area contributed by atoms with Crippen LogP contribution < -0.4 is 10.6 Å². The molecular weight excluding hydrogens is 312 g/mol. The average molecular weight is 335 g/mol. The van der Waals surface area contributed by atoms with Crippen LogP contribution in [0.4, 0.5) is 8.78 Å². The smallest absolute Gasteiger partial charge is 0.191 e. The second kappa shape index (κ2) is 9.64. The molecule has 0 spiro atoms. The molecule has 0 bridgehead atoms. The Morgan fingerprint density at radius 3 is 2.88 bits per heavy atom. The number of nitrogens with one attached hydrogen (secondary N) is 2. The fourth-order valence-electron chi connectivity index (χ4n) is 2.26. The summed E-state index contributed by atoms with van der Waals surface area (Å²) in [5, 5.41) is 10.4. The van der Waals surface area contributed by atoms with Crippen molar-refractivity contribution in [2.75, 3.05) is 19.6 Å². The summed E-state index contributed by atoms with van der Waals surface area (Å²) in [6, 6.07) is 6.12. The monoisotopic (exact) mass is 335 g/mol. The van der Waals surface area contributed by atoms with Crippen molar-refractivity contribution in [1.29, 1.82) is 0 Å². The number of aromatic nitrogens is 2. The predicted octanol–water partition coefficient (Wildman–Crippen LogP) is 2.35. The van der Waals surface area contributed by atoms with Crippen LogP contribution in [0.5, 0.6) is 0 Å². The minimum absolute atomic E-state index is 0.358. The number of guanidine groups is 1. The fourth-order valence-corrected chi connectivity index (χ4v) is 2.26. The first-order chi connectivity index (χ1) is 11.7. The van der Waals surface area contributed by atoms with E-state index in [1.54, 1.807) is 12.3 Å². The van der Waals surface area contributed by atoms with Gasteiger partial charge in [-0.3, -0.25) is 9.67 Å². The van der Waals surface area contributed by atoms with Gasteiger partial charge in [-0.1, -0.05) is 12.1 Å². The highest BCUT2D eigenvalue weighted by molar-refractivity contribution is 5.79. The standard InChI is InChI=1S/C17H23F2N5/c1-2-20-17(21-9-4-12-24-13-5-10-23-24)22-11-8-14-6-3-7-15(18)16(14)19/h3,5-7,10,13H,2,4,8-9,11-12H2,1H3,(H2,20,21,22). The molecule has 7 heteroatoms. The normalized spacial score (nSPS) is 11.5. The van der Waals surface area contributed by atoms with Crippen molar-refractivity contribution in [2.24, 2.45) is 4.99 Å². The van der Waals surface area contributed by atoms with Crippen LogP contribution >= 0.6 is 0 Å². The lowest BCUT2D eigenvalue weighted by Crippen LogP contribution is -2.38. The fraction of sp³-hybridized carbons (Fsp3) is 0.412. The number of rotatable bonds is 8. The van der Waals surface area contributed by atoms with E-state index in [4.69, 9.17) is 0 Å². The third kappa shape index (κ3) is 5.64. The molecule has 0 unspecified atom stereocenters. The zero-order valence-corrected chi connectivity index (χ0v) is 13.8. The summed E-state index contributed by atoms with van der Waals surface area (Å²) < 4.78 is 28.6. The average Bonchev–Trinajstić information content (AvgIpc) is 3.09. The number of aryl methyl sites for hydroxylation is 1. The number of nitrogens with zero attached hydrogens (tertiary/aromatic N) is 3. The lowest BCUT2D eigenvalue weighted by molar-refractivity contribution is 0.498. The molecule has 0 saturated heterocycles. The predicted molar refractivity (Wildman–Crippen MR) is 90.9 cm³/mol. The number of hydrogen-bond donors (Lipinski definition) is 2. The summed E-state index contributed by atoms with van der Waals surface area (Å²) in [6.07, 6.45) is 4.93. The topological polar surface area (TPSA) is 54.2 Å². The summed E-state index contributed by atoms with van der Waals surface area (Å²) in [4.78, 5) is 4.47. The van der Waals surface area contributed by atoms with E-state index in [9.17, 15) is 8.78 Å². The molecule has 0 aliphatic carbocycles. The Balaban J connectivity index is 1.77. The first-order valence-corrected chi connectivity index (χ1v) is 8.13. The molecule has 0 aliphatic rings. The molecule has 2 N–H and O–H groups in total. The molecule has 24 heavy (non-hydrogen) atoms. The molecule has 0 atom stereocenters. The molecule has 0 fully saturated rings. The largest absolute Gasteiger partial charge is 0.357 e. The Morgan fingerprint density at radius 1 is 1.25 bits per heavy atom. The molecule has 0 saturated carbocycles. The first-order valence-electron chi connectivity index (χ1n) is 8.13. The molecule has 130 valence electrons. The van der Waals surface area contributed by atoms with Gasteiger partial charge in [0.05, 0.1) is 0 Å². The molecule has 5 nitrogen and oxygen atoms in total. The van der Waals surface area contributed by atoms with E-state index in [-0.39, 0.29) is 0 Å². The van der Waals surface area contributed by atoms with Crippen molar-refractivity contribution in [3.05, 3.63) is 53.9 Å². The molecule has 1 aromatic carbocycles. The molecule has 0 aliphatic heterocycles. The third-order valence-corrected chi connectivity index (χ3v) is 3.44. The summed E-state index contributed by atoms with van der Waals surface area (Å²) >= 11 is 0. The summed E-state index contributed by atoms with van der Waals surface area (Å²) in [6.45, 7) is 4.66. The minimum atomic E-state index is -0.813. The molecule has 2 rings (SSSR count). The highest BCUT2D eigenvalue weighted by Gasteiger charge is 2.07. The highest BCUT2D eigenvalue weighted by atomic mass is 19.2. The zero-order valence-electron chi connectivity index (χ0n) is 13.8. The van der Waals surface area contributed by atoms with Gasteiger partial charge >= 0.3 is 0 Å². The van der Waals surface area contributed by atoms with Crippen LogP contribution in [0.1, 0.15) is 18.9 Å². The van der Waals surface area contributed by atoms with Crippen LogP contribution in [0.3, 0.4) is 0 Å². The molecule has 1 heterocycles. The van der Waals surface area contributed by atoms with Gasteiger partial charge < -0.3 is 10.6 Å². The Hall–Kier alpha value is -2.44. The molecule has 2 aromatic rings. The Labute approximate surface area is 140 Å². The highest BCUT2D eigenvalue weighted by Crippen LogP contribution is 2.11. The van der Waals surface area contributed by atoms with Gasteiger partial charge in [-0.15, -0.1) is 0 Å². The van der Waals surface area contributed by atoms with Gasteiger partial charge in [0.25, 0.3) is 0 Å². The van der Waals surface area contributed by atoms with Gasteiger partial charge in [0.15, 0.2) is 17.6 Å². The van der Waals surface area contributed by atoms with Gasteiger partial charge in [-0.25, -0.2) is 8.78 Å². The van der Waals surface area contributed by atoms with Crippen LogP contribution in [0.25, 0.3) is 0 Å². The Morgan fingerprint density at radius 2 is 2.12 bits per heavy atom. The Bertz CT molecular complexity index is 640. The van der Waals surface area contributed by atoms with Crippen LogP contribution in [0, 0.1) is 11.6 Å². The van der Waals surface area contributed by atoms with E-state index in [0.29, 0.717) is 31.0 Å². The summed E-state index contributed by atoms with van der Waals surface area (Å²) in [5.41, 5.74) is 0.358. The van der Waals surface area contributed by atoms with Crippen molar-refractivity contribution < 1.29 is 8.78 Å². The van der Waals surface area contributed by atoms with Crippen LogP contribution in [-0.4, -0.2) is 35.4 Å². The van der Waals surface area contributed by atoms with Crippen LogP contribution in [0.2, 0.25) is 0 Å². The number of benzene rings is 1. The lowest BCUT2D eigenvalue weighted by Gasteiger charge is -2.11. The maximum atomic E-state index is 13.6. The second-order valence-corrected chi connectivity index (χ2v) is 5.27. The van der Waals surface area contributed by atoms with Gasteiger partial charge in [0.2, 0.25) is 0 Å². The minimum Gasteiger partial charge on any atom is -0.357 e. The number of aliphatic imine (C=N–C) groups is 1. The van der Waals surface area contributed by atoms with Crippen molar-refractivity contribution in [3.8, 4) is 0 Å². The maximum absolute atomic E-state index is 13.6. The maximum Gasteiger partial charge on any atom is 0.191 e. The molecule has 0 radical (unpaired) electrons. The molecule has 0 amide bonds. The van der Waals surface area contributed by atoms with E-state index in [2.05, 4.69) is 20.7 Å². The number of hydrogen-bond acceptors (Lipinski definition) is 2. The third-order valence-electron chi connectivity index (χ3n) is 3.44. The quantitative estimate of drug-likeness (QED) is 0.442. The second-order valence-electron chi connectivity index (χ2n) is 5.27. The van der Waals surface area contributed by atoms with E-state index < -0.39 is 11.6 Å². The van der Waals surface area contributed by atoms with Gasteiger partial charge in [-0.05, 0) is 37.5 Å². The van der Waals surface area contributed by atoms with Gasteiger partial charge in [0.1, 0.15) is 0 Å². The Kier molecular flexibility index (Phi) is 7.20. The van der Waals surface area contributed by atoms with E-state index >= 15 is 0 Å².